The first-order valence-corrected chi connectivity index (χ1v) is 8.66. The predicted octanol–water partition coefficient (Wildman–Crippen LogP) is 4.26. The number of amides is 2. The van der Waals surface area contributed by atoms with Gasteiger partial charge in [-0.15, -0.1) is 0 Å². The number of carbonyl (C=O) groups is 1. The van der Waals surface area contributed by atoms with E-state index in [2.05, 4.69) is 10.6 Å². The number of rotatable bonds is 8. The first-order valence-electron chi connectivity index (χ1n) is 8.28. The lowest BCUT2D eigenvalue weighted by Gasteiger charge is -2.13. The van der Waals surface area contributed by atoms with Crippen LogP contribution in [0.1, 0.15) is 12.5 Å². The molecule has 0 fully saturated rings. The highest BCUT2D eigenvalue weighted by molar-refractivity contribution is 6.31. The van der Waals surface area contributed by atoms with Crippen LogP contribution in [0.15, 0.2) is 36.4 Å². The molecule has 26 heavy (non-hydrogen) atoms. The molecule has 0 aliphatic heterocycles. The summed E-state index contributed by atoms with van der Waals surface area (Å²) in [5, 5.41) is 6.05. The van der Waals surface area contributed by atoms with Crippen molar-refractivity contribution < 1.29 is 19.0 Å². The topological polar surface area (TPSA) is 68.8 Å². The molecule has 0 heterocycles. The molecule has 2 aromatic rings. The second-order valence-electron chi connectivity index (χ2n) is 5.44. The van der Waals surface area contributed by atoms with Gasteiger partial charge in [-0.1, -0.05) is 11.6 Å². The Bertz CT molecular complexity index is 735. The van der Waals surface area contributed by atoms with Gasteiger partial charge in [0.15, 0.2) is 0 Å². The number of carbonyl (C=O) groups excluding carboxylic acids is 1. The van der Waals surface area contributed by atoms with Crippen molar-refractivity contribution in [2.45, 2.75) is 13.8 Å². The Labute approximate surface area is 158 Å². The zero-order valence-corrected chi connectivity index (χ0v) is 15.9. The highest BCUT2D eigenvalue weighted by Gasteiger charge is 2.10. The number of halogens is 1. The van der Waals surface area contributed by atoms with Gasteiger partial charge in [-0.05, 0) is 49.7 Å². The smallest absolute Gasteiger partial charge is 0.319 e. The van der Waals surface area contributed by atoms with E-state index in [9.17, 15) is 4.79 Å². The maximum absolute atomic E-state index is 12.0. The number of aryl methyl sites for hydroxylation is 1. The lowest BCUT2D eigenvalue weighted by Crippen LogP contribution is -2.32. The van der Waals surface area contributed by atoms with Crippen LogP contribution in [0.3, 0.4) is 0 Å². The lowest BCUT2D eigenvalue weighted by molar-refractivity contribution is 0.247. The van der Waals surface area contributed by atoms with Crippen LogP contribution in [-0.2, 0) is 0 Å². The SMILES string of the molecule is CCOc1ccc(OCCNC(=O)Nc2cc(C)c(Cl)cc2OC)cc1. The van der Waals surface area contributed by atoms with Gasteiger partial charge < -0.3 is 24.8 Å². The molecule has 0 radical (unpaired) electrons. The summed E-state index contributed by atoms with van der Waals surface area (Å²) < 4.78 is 16.2. The molecule has 2 aromatic carbocycles. The van der Waals surface area contributed by atoms with E-state index in [1.165, 1.54) is 7.11 Å². The molecular weight excluding hydrogens is 356 g/mol. The molecular formula is C19H23ClN2O4. The van der Waals surface area contributed by atoms with Crippen molar-refractivity contribution in [3.8, 4) is 17.2 Å². The maximum Gasteiger partial charge on any atom is 0.319 e. The quantitative estimate of drug-likeness (QED) is 0.673. The van der Waals surface area contributed by atoms with Crippen molar-refractivity contribution in [2.75, 3.05) is 32.2 Å². The second-order valence-corrected chi connectivity index (χ2v) is 5.84. The zero-order chi connectivity index (χ0) is 18.9. The molecule has 0 aliphatic carbocycles. The molecule has 0 saturated heterocycles. The Kier molecular flexibility index (Phi) is 7.41. The number of urea groups is 1. The third-order valence-corrected chi connectivity index (χ3v) is 3.93. The summed E-state index contributed by atoms with van der Waals surface area (Å²) in [4.78, 5) is 12.0. The van der Waals surface area contributed by atoms with Gasteiger partial charge in [-0.2, -0.15) is 0 Å². The van der Waals surface area contributed by atoms with Gasteiger partial charge in [-0.3, -0.25) is 0 Å². The van der Waals surface area contributed by atoms with Gasteiger partial charge in [-0.25, -0.2) is 4.79 Å². The third kappa shape index (κ3) is 5.74. The molecule has 0 bridgehead atoms. The van der Waals surface area contributed by atoms with Crippen LogP contribution < -0.4 is 24.8 Å². The van der Waals surface area contributed by atoms with Crippen molar-refractivity contribution in [1.82, 2.24) is 5.32 Å². The zero-order valence-electron chi connectivity index (χ0n) is 15.1. The monoisotopic (exact) mass is 378 g/mol. The van der Waals surface area contributed by atoms with E-state index >= 15 is 0 Å². The Balaban J connectivity index is 1.78. The molecule has 6 nitrogen and oxygen atoms in total. The normalized spacial score (nSPS) is 10.2. The van der Waals surface area contributed by atoms with Gasteiger partial charge >= 0.3 is 6.03 Å². The number of anilines is 1. The second kappa shape index (κ2) is 9.77. The van der Waals surface area contributed by atoms with E-state index in [4.69, 9.17) is 25.8 Å². The Hall–Kier alpha value is -2.60. The van der Waals surface area contributed by atoms with E-state index in [0.717, 1.165) is 11.3 Å². The average Bonchev–Trinajstić information content (AvgIpc) is 2.63. The molecule has 2 amide bonds. The van der Waals surface area contributed by atoms with Crippen LogP contribution in [0, 0.1) is 6.92 Å². The number of hydrogen-bond donors (Lipinski definition) is 2. The maximum atomic E-state index is 12.0. The molecule has 0 unspecified atom stereocenters. The number of methoxy groups -OCH3 is 1. The van der Waals surface area contributed by atoms with Crippen LogP contribution >= 0.6 is 11.6 Å². The van der Waals surface area contributed by atoms with E-state index in [-0.39, 0.29) is 6.03 Å². The minimum atomic E-state index is -0.347. The minimum Gasteiger partial charge on any atom is -0.495 e. The third-order valence-electron chi connectivity index (χ3n) is 3.52. The van der Waals surface area contributed by atoms with Gasteiger partial charge in [0.2, 0.25) is 0 Å². The molecule has 0 aromatic heterocycles. The van der Waals surface area contributed by atoms with Crippen LogP contribution in [-0.4, -0.2) is 32.9 Å². The van der Waals surface area contributed by atoms with Gasteiger partial charge in [0.05, 0.1) is 25.9 Å². The van der Waals surface area contributed by atoms with E-state index < -0.39 is 0 Å². The predicted molar refractivity (Wildman–Crippen MR) is 103 cm³/mol. The molecule has 0 spiro atoms. The fraction of sp³-hybridized carbons (Fsp3) is 0.316. The first-order chi connectivity index (χ1) is 12.5. The van der Waals surface area contributed by atoms with Crippen molar-refractivity contribution in [2.24, 2.45) is 0 Å². The van der Waals surface area contributed by atoms with Crippen LogP contribution in [0.4, 0.5) is 10.5 Å². The van der Waals surface area contributed by atoms with E-state index in [1.54, 1.807) is 12.1 Å². The molecule has 0 atom stereocenters. The Morgan fingerprint density at radius 3 is 2.38 bits per heavy atom. The number of benzene rings is 2. The van der Waals surface area contributed by atoms with Crippen LogP contribution in [0.5, 0.6) is 17.2 Å². The number of nitrogens with one attached hydrogen (secondary N) is 2. The molecule has 140 valence electrons. The van der Waals surface area contributed by atoms with E-state index in [1.807, 2.05) is 38.1 Å². The fourth-order valence-corrected chi connectivity index (χ4v) is 2.38. The van der Waals surface area contributed by atoms with Crippen molar-refractivity contribution >= 4 is 23.3 Å². The summed E-state index contributed by atoms with van der Waals surface area (Å²) in [6.07, 6.45) is 0. The van der Waals surface area contributed by atoms with Crippen molar-refractivity contribution in [1.29, 1.82) is 0 Å². The van der Waals surface area contributed by atoms with E-state index in [0.29, 0.717) is 42.0 Å². The summed E-state index contributed by atoms with van der Waals surface area (Å²) in [7, 11) is 1.52. The highest BCUT2D eigenvalue weighted by atomic mass is 35.5. The Morgan fingerprint density at radius 1 is 1.12 bits per heavy atom. The number of ether oxygens (including phenoxy) is 3. The first kappa shape index (κ1) is 19.7. The largest absolute Gasteiger partial charge is 0.495 e. The molecule has 2 N–H and O–H groups in total. The van der Waals surface area contributed by atoms with Gasteiger partial charge in [0, 0.05) is 11.1 Å². The van der Waals surface area contributed by atoms with Crippen molar-refractivity contribution in [3.63, 3.8) is 0 Å². The molecule has 7 heteroatoms. The summed E-state index contributed by atoms with van der Waals surface area (Å²) in [6.45, 7) is 5.11. The van der Waals surface area contributed by atoms with Gasteiger partial charge in [0.25, 0.3) is 0 Å². The molecule has 0 aliphatic rings. The summed E-state index contributed by atoms with van der Waals surface area (Å²) >= 11 is 6.06. The molecule has 2 rings (SSSR count). The highest BCUT2D eigenvalue weighted by Crippen LogP contribution is 2.30. The lowest BCUT2D eigenvalue weighted by atomic mass is 10.2. The summed E-state index contributed by atoms with van der Waals surface area (Å²) in [5.74, 6) is 2.01. The summed E-state index contributed by atoms with van der Waals surface area (Å²) in [5.41, 5.74) is 1.40. The van der Waals surface area contributed by atoms with Gasteiger partial charge in [0.1, 0.15) is 23.9 Å². The number of hydrogen-bond acceptors (Lipinski definition) is 4. The minimum absolute atomic E-state index is 0.345. The van der Waals surface area contributed by atoms with Crippen molar-refractivity contribution in [3.05, 3.63) is 47.0 Å². The molecule has 0 saturated carbocycles. The standard InChI is InChI=1S/C19H23ClN2O4/c1-4-25-14-5-7-15(8-6-14)26-10-9-21-19(23)22-17-11-13(2)16(20)12-18(17)24-3/h5-8,11-12H,4,9-10H2,1-3H3,(H2,21,22,23). The van der Waals surface area contributed by atoms with Crippen LogP contribution in [0.2, 0.25) is 5.02 Å². The average molecular weight is 379 g/mol. The summed E-state index contributed by atoms with van der Waals surface area (Å²) in [6, 6.07) is 10.4. The Morgan fingerprint density at radius 2 is 1.77 bits per heavy atom. The van der Waals surface area contributed by atoms with Crippen LogP contribution in [0.25, 0.3) is 0 Å². The fourth-order valence-electron chi connectivity index (χ4n) is 2.23.